The summed E-state index contributed by atoms with van der Waals surface area (Å²) in [5, 5.41) is 0.767. The molecule has 1 unspecified atom stereocenters. The second-order valence-electron chi connectivity index (χ2n) is 4.94. The summed E-state index contributed by atoms with van der Waals surface area (Å²) in [5.41, 5.74) is 3.97. The van der Waals surface area contributed by atoms with Gasteiger partial charge >= 0.3 is 0 Å². The summed E-state index contributed by atoms with van der Waals surface area (Å²) in [7, 11) is 0. The lowest BCUT2D eigenvalue weighted by Crippen LogP contribution is -2.28. The Bertz CT molecular complexity index is 371. The number of rotatable bonds is 9. The molecule has 1 atom stereocenters. The minimum absolute atomic E-state index is 0.145. The largest absolute Gasteiger partial charge is 0.271 e. The zero-order valence-corrected chi connectivity index (χ0v) is 13.9. The van der Waals surface area contributed by atoms with Crippen molar-refractivity contribution in [3.8, 4) is 0 Å². The van der Waals surface area contributed by atoms with E-state index >= 15 is 0 Å². The summed E-state index contributed by atoms with van der Waals surface area (Å²) in [6.45, 7) is 2.24. The number of benzene rings is 1. The van der Waals surface area contributed by atoms with E-state index in [9.17, 15) is 0 Å². The Balaban J connectivity index is 2.40. The van der Waals surface area contributed by atoms with Gasteiger partial charge in [-0.05, 0) is 24.1 Å². The molecule has 108 valence electrons. The molecular weight excluding hydrogens is 324 g/mol. The zero-order chi connectivity index (χ0) is 14.1. The molecule has 4 heteroatoms. The Hall–Kier alpha value is -0.0900. The lowest BCUT2D eigenvalue weighted by atomic mass is 10.00. The smallest absolute Gasteiger partial charge is 0.0474 e. The SMILES string of the molecule is CCCCCCCCC(NN)c1ccc(Br)cc1Cl. The molecule has 0 aliphatic carbocycles. The van der Waals surface area contributed by atoms with Crippen LogP contribution in [0.2, 0.25) is 5.02 Å². The first kappa shape index (κ1) is 17.0. The minimum Gasteiger partial charge on any atom is -0.271 e. The number of hydrogen-bond donors (Lipinski definition) is 2. The van der Waals surface area contributed by atoms with Crippen LogP contribution in [-0.2, 0) is 0 Å². The molecule has 3 N–H and O–H groups in total. The molecule has 0 heterocycles. The van der Waals surface area contributed by atoms with Crippen LogP contribution in [0.25, 0.3) is 0 Å². The molecule has 19 heavy (non-hydrogen) atoms. The highest BCUT2D eigenvalue weighted by atomic mass is 79.9. The van der Waals surface area contributed by atoms with Crippen molar-refractivity contribution >= 4 is 27.5 Å². The summed E-state index contributed by atoms with van der Waals surface area (Å²) in [5.74, 6) is 5.65. The molecule has 0 bridgehead atoms. The number of nitrogens with two attached hydrogens (primary N) is 1. The van der Waals surface area contributed by atoms with E-state index in [4.69, 9.17) is 17.4 Å². The predicted octanol–water partition coefficient (Wildman–Crippen LogP) is 5.36. The van der Waals surface area contributed by atoms with E-state index < -0.39 is 0 Å². The van der Waals surface area contributed by atoms with Crippen LogP contribution in [0.4, 0.5) is 0 Å². The van der Waals surface area contributed by atoms with Crippen LogP contribution in [0, 0.1) is 0 Å². The van der Waals surface area contributed by atoms with Gasteiger partial charge in [-0.15, -0.1) is 0 Å². The molecule has 0 radical (unpaired) electrons. The average molecular weight is 348 g/mol. The van der Waals surface area contributed by atoms with Crippen molar-refractivity contribution in [1.82, 2.24) is 5.43 Å². The van der Waals surface area contributed by atoms with Crippen molar-refractivity contribution in [3.63, 3.8) is 0 Å². The summed E-state index contributed by atoms with van der Waals surface area (Å²) in [4.78, 5) is 0. The van der Waals surface area contributed by atoms with Gasteiger partial charge in [0, 0.05) is 15.5 Å². The first-order valence-electron chi connectivity index (χ1n) is 7.10. The molecule has 1 rings (SSSR count). The molecule has 0 amide bonds. The Labute approximate surface area is 130 Å². The average Bonchev–Trinajstić information content (AvgIpc) is 2.39. The number of unbranched alkanes of at least 4 members (excludes halogenated alkanes) is 5. The molecule has 2 nitrogen and oxygen atoms in total. The van der Waals surface area contributed by atoms with Gasteiger partial charge in [-0.3, -0.25) is 11.3 Å². The van der Waals surface area contributed by atoms with Crippen LogP contribution >= 0.6 is 27.5 Å². The third kappa shape index (κ3) is 6.26. The van der Waals surface area contributed by atoms with Crippen molar-refractivity contribution < 1.29 is 0 Å². The molecule has 0 aliphatic heterocycles. The first-order chi connectivity index (χ1) is 9.19. The van der Waals surface area contributed by atoms with E-state index in [0.29, 0.717) is 0 Å². The Kier molecular flexibility index (Phi) is 8.71. The van der Waals surface area contributed by atoms with E-state index in [-0.39, 0.29) is 6.04 Å². The summed E-state index contributed by atoms with van der Waals surface area (Å²) in [6, 6.07) is 6.11. The molecule has 1 aromatic rings. The van der Waals surface area contributed by atoms with Gasteiger partial charge in [0.25, 0.3) is 0 Å². The Morgan fingerprint density at radius 3 is 2.53 bits per heavy atom. The number of nitrogens with one attached hydrogen (secondary N) is 1. The molecule has 0 aromatic heterocycles. The van der Waals surface area contributed by atoms with Crippen LogP contribution in [0.3, 0.4) is 0 Å². The zero-order valence-electron chi connectivity index (χ0n) is 11.6. The van der Waals surface area contributed by atoms with Crippen molar-refractivity contribution in [2.24, 2.45) is 5.84 Å². The number of halogens is 2. The Morgan fingerprint density at radius 1 is 1.21 bits per heavy atom. The van der Waals surface area contributed by atoms with Crippen LogP contribution in [0.5, 0.6) is 0 Å². The van der Waals surface area contributed by atoms with E-state index in [0.717, 1.165) is 21.5 Å². The maximum atomic E-state index is 6.26. The summed E-state index contributed by atoms with van der Waals surface area (Å²) >= 11 is 9.68. The van der Waals surface area contributed by atoms with Crippen molar-refractivity contribution in [1.29, 1.82) is 0 Å². The highest BCUT2D eigenvalue weighted by Crippen LogP contribution is 2.29. The van der Waals surface area contributed by atoms with Gasteiger partial charge in [-0.25, -0.2) is 0 Å². The molecule has 0 spiro atoms. The number of hydrogen-bond acceptors (Lipinski definition) is 2. The maximum Gasteiger partial charge on any atom is 0.0474 e. The molecule has 0 saturated carbocycles. The van der Waals surface area contributed by atoms with Crippen molar-refractivity contribution in [2.45, 2.75) is 57.9 Å². The van der Waals surface area contributed by atoms with Gasteiger partial charge in [0.05, 0.1) is 0 Å². The molecule has 0 saturated heterocycles. The van der Waals surface area contributed by atoms with Crippen molar-refractivity contribution in [2.75, 3.05) is 0 Å². The molecule has 0 aliphatic rings. The normalized spacial score (nSPS) is 12.6. The van der Waals surface area contributed by atoms with E-state index in [1.807, 2.05) is 18.2 Å². The van der Waals surface area contributed by atoms with E-state index in [2.05, 4.69) is 28.3 Å². The van der Waals surface area contributed by atoms with Gasteiger partial charge in [0.15, 0.2) is 0 Å². The third-order valence-corrected chi connectivity index (χ3v) is 4.21. The monoisotopic (exact) mass is 346 g/mol. The number of hydrazine groups is 1. The van der Waals surface area contributed by atoms with Crippen LogP contribution < -0.4 is 11.3 Å². The summed E-state index contributed by atoms with van der Waals surface area (Å²) < 4.78 is 0.997. The van der Waals surface area contributed by atoms with E-state index in [1.54, 1.807) is 0 Å². The fourth-order valence-corrected chi connectivity index (χ4v) is 3.05. The quantitative estimate of drug-likeness (QED) is 0.358. The predicted molar refractivity (Wildman–Crippen MR) is 87.2 cm³/mol. The van der Waals surface area contributed by atoms with Crippen LogP contribution in [0.1, 0.15) is 63.5 Å². The highest BCUT2D eigenvalue weighted by Gasteiger charge is 2.12. The summed E-state index contributed by atoms with van der Waals surface area (Å²) in [6.07, 6.45) is 8.79. The molecular formula is C15H24BrClN2. The van der Waals surface area contributed by atoms with Crippen LogP contribution in [0.15, 0.2) is 22.7 Å². The second kappa shape index (κ2) is 9.76. The second-order valence-corrected chi connectivity index (χ2v) is 6.26. The van der Waals surface area contributed by atoms with Gasteiger partial charge in [-0.2, -0.15) is 0 Å². The first-order valence-corrected chi connectivity index (χ1v) is 8.27. The fraction of sp³-hybridized carbons (Fsp3) is 0.600. The topological polar surface area (TPSA) is 38.0 Å². The Morgan fingerprint density at radius 2 is 1.89 bits per heavy atom. The van der Waals surface area contributed by atoms with E-state index in [1.165, 1.54) is 38.5 Å². The third-order valence-electron chi connectivity index (χ3n) is 3.39. The lowest BCUT2D eigenvalue weighted by molar-refractivity contribution is 0.477. The standard InChI is InChI=1S/C15H24BrClN2/c1-2-3-4-5-6-7-8-15(19-18)13-10-9-12(16)11-14(13)17/h9-11,15,19H,2-8,18H2,1H3. The van der Waals surface area contributed by atoms with Crippen LogP contribution in [-0.4, -0.2) is 0 Å². The fourth-order valence-electron chi connectivity index (χ4n) is 2.24. The molecule has 0 fully saturated rings. The van der Waals surface area contributed by atoms with Gasteiger partial charge in [0.1, 0.15) is 0 Å². The van der Waals surface area contributed by atoms with Gasteiger partial charge in [-0.1, -0.05) is 79.0 Å². The van der Waals surface area contributed by atoms with Crippen molar-refractivity contribution in [3.05, 3.63) is 33.3 Å². The maximum absolute atomic E-state index is 6.26. The van der Waals surface area contributed by atoms with Gasteiger partial charge in [0.2, 0.25) is 0 Å². The van der Waals surface area contributed by atoms with Gasteiger partial charge < -0.3 is 0 Å². The highest BCUT2D eigenvalue weighted by molar-refractivity contribution is 9.10. The lowest BCUT2D eigenvalue weighted by Gasteiger charge is -2.17. The minimum atomic E-state index is 0.145. The molecule has 1 aromatic carbocycles.